The molecule has 0 bridgehead atoms. The minimum atomic E-state index is 0.135. The second-order valence-corrected chi connectivity index (χ2v) is 5.75. The van der Waals surface area contributed by atoms with Crippen LogP contribution in [0.3, 0.4) is 0 Å². The smallest absolute Gasteiger partial charge is 0.0230 e. The van der Waals surface area contributed by atoms with Gasteiger partial charge in [-0.3, -0.25) is 0 Å². The van der Waals surface area contributed by atoms with Crippen molar-refractivity contribution in [1.29, 1.82) is 0 Å². The van der Waals surface area contributed by atoms with E-state index in [9.17, 15) is 0 Å². The van der Waals surface area contributed by atoms with Crippen LogP contribution in [0.15, 0.2) is 30.3 Å². The molecule has 0 aliphatic heterocycles. The molecule has 2 N–H and O–H groups in total. The SMILES string of the molecule is NC1(Cc2ccccc2)CC1C1CCCC1. The maximum absolute atomic E-state index is 6.50. The fraction of sp³-hybridized carbons (Fsp3) is 0.600. The van der Waals surface area contributed by atoms with Crippen molar-refractivity contribution in [2.24, 2.45) is 17.6 Å². The van der Waals surface area contributed by atoms with Gasteiger partial charge >= 0.3 is 0 Å². The number of nitrogens with two attached hydrogens (primary N) is 1. The zero-order chi connectivity index (χ0) is 11.0. The lowest BCUT2D eigenvalue weighted by Crippen LogP contribution is -2.29. The van der Waals surface area contributed by atoms with Gasteiger partial charge in [0.05, 0.1) is 0 Å². The van der Waals surface area contributed by atoms with Crippen LogP contribution in [0.5, 0.6) is 0 Å². The molecule has 2 atom stereocenters. The highest BCUT2D eigenvalue weighted by atomic mass is 14.9. The zero-order valence-corrected chi connectivity index (χ0v) is 9.86. The Morgan fingerprint density at radius 2 is 1.81 bits per heavy atom. The highest BCUT2D eigenvalue weighted by molar-refractivity contribution is 5.23. The van der Waals surface area contributed by atoms with Crippen LogP contribution in [0, 0.1) is 11.8 Å². The molecule has 0 radical (unpaired) electrons. The van der Waals surface area contributed by atoms with Gasteiger partial charge < -0.3 is 5.73 Å². The van der Waals surface area contributed by atoms with Crippen molar-refractivity contribution >= 4 is 0 Å². The molecule has 0 spiro atoms. The number of hydrogen-bond acceptors (Lipinski definition) is 1. The van der Waals surface area contributed by atoms with E-state index in [1.807, 2.05) is 0 Å². The van der Waals surface area contributed by atoms with Crippen molar-refractivity contribution in [3.8, 4) is 0 Å². The largest absolute Gasteiger partial charge is 0.325 e. The second kappa shape index (κ2) is 3.89. The number of rotatable bonds is 3. The average molecular weight is 215 g/mol. The Kier molecular flexibility index (Phi) is 2.51. The van der Waals surface area contributed by atoms with Gasteiger partial charge in [0, 0.05) is 5.54 Å². The summed E-state index contributed by atoms with van der Waals surface area (Å²) in [6.07, 6.45) is 8.06. The summed E-state index contributed by atoms with van der Waals surface area (Å²) in [4.78, 5) is 0. The van der Waals surface area contributed by atoms with Crippen molar-refractivity contribution < 1.29 is 0 Å². The summed E-state index contributed by atoms with van der Waals surface area (Å²) >= 11 is 0. The molecule has 2 aliphatic carbocycles. The lowest BCUT2D eigenvalue weighted by Gasteiger charge is -2.15. The van der Waals surface area contributed by atoms with Gasteiger partial charge in [-0.25, -0.2) is 0 Å². The van der Waals surface area contributed by atoms with E-state index in [4.69, 9.17) is 5.73 Å². The lowest BCUT2D eigenvalue weighted by molar-refractivity contribution is 0.421. The van der Waals surface area contributed by atoms with E-state index in [2.05, 4.69) is 30.3 Å². The highest BCUT2D eigenvalue weighted by Crippen LogP contribution is 2.53. The molecule has 0 saturated heterocycles. The first-order chi connectivity index (χ1) is 7.78. The van der Waals surface area contributed by atoms with Crippen molar-refractivity contribution in [2.45, 2.75) is 44.1 Å². The third kappa shape index (κ3) is 1.89. The van der Waals surface area contributed by atoms with E-state index in [1.54, 1.807) is 0 Å². The summed E-state index contributed by atoms with van der Waals surface area (Å²) in [7, 11) is 0. The first-order valence-electron chi connectivity index (χ1n) is 6.61. The normalized spacial score (nSPS) is 34.2. The van der Waals surface area contributed by atoms with Gasteiger partial charge in [0.1, 0.15) is 0 Å². The van der Waals surface area contributed by atoms with Crippen LogP contribution in [0.4, 0.5) is 0 Å². The van der Waals surface area contributed by atoms with Crippen LogP contribution in [0.1, 0.15) is 37.7 Å². The molecule has 16 heavy (non-hydrogen) atoms. The van der Waals surface area contributed by atoms with E-state index < -0.39 is 0 Å². The zero-order valence-electron chi connectivity index (χ0n) is 9.86. The molecule has 2 aliphatic rings. The van der Waals surface area contributed by atoms with Gasteiger partial charge in [0.15, 0.2) is 0 Å². The molecule has 3 rings (SSSR count). The lowest BCUT2D eigenvalue weighted by atomic mass is 9.95. The Morgan fingerprint density at radius 3 is 2.50 bits per heavy atom. The van der Waals surface area contributed by atoms with E-state index in [0.29, 0.717) is 0 Å². The first-order valence-corrected chi connectivity index (χ1v) is 6.61. The van der Waals surface area contributed by atoms with Crippen LogP contribution in [-0.4, -0.2) is 5.54 Å². The molecular weight excluding hydrogens is 194 g/mol. The molecule has 2 fully saturated rings. The van der Waals surface area contributed by atoms with Crippen LogP contribution in [0.25, 0.3) is 0 Å². The third-order valence-electron chi connectivity index (χ3n) is 4.52. The second-order valence-electron chi connectivity index (χ2n) is 5.75. The molecule has 0 amide bonds. The first kappa shape index (κ1) is 10.3. The molecule has 0 heterocycles. The Bertz CT molecular complexity index is 353. The van der Waals surface area contributed by atoms with Gasteiger partial charge in [0.2, 0.25) is 0 Å². The highest BCUT2D eigenvalue weighted by Gasteiger charge is 2.54. The standard InChI is InChI=1S/C15H21N/c16-15(10-12-6-2-1-3-7-12)11-14(15)13-8-4-5-9-13/h1-3,6-7,13-14H,4-5,8-11,16H2. The molecule has 0 aromatic heterocycles. The van der Waals surface area contributed by atoms with Gasteiger partial charge in [-0.1, -0.05) is 56.0 Å². The molecule has 1 aromatic rings. The Balaban J connectivity index is 1.64. The summed E-state index contributed by atoms with van der Waals surface area (Å²) in [5.74, 6) is 1.75. The summed E-state index contributed by atoms with van der Waals surface area (Å²) in [5.41, 5.74) is 8.05. The Labute approximate surface area is 98.0 Å². The minimum Gasteiger partial charge on any atom is -0.325 e. The molecule has 2 unspecified atom stereocenters. The summed E-state index contributed by atoms with van der Waals surface area (Å²) in [6, 6.07) is 10.7. The summed E-state index contributed by atoms with van der Waals surface area (Å²) < 4.78 is 0. The van der Waals surface area contributed by atoms with Gasteiger partial charge in [-0.2, -0.15) is 0 Å². The van der Waals surface area contributed by atoms with Crippen LogP contribution < -0.4 is 5.73 Å². The Hall–Kier alpha value is -0.820. The topological polar surface area (TPSA) is 26.0 Å². The summed E-state index contributed by atoms with van der Waals surface area (Å²) in [6.45, 7) is 0. The van der Waals surface area contributed by atoms with Crippen LogP contribution in [-0.2, 0) is 6.42 Å². The van der Waals surface area contributed by atoms with Gasteiger partial charge in [-0.05, 0) is 30.2 Å². The fourth-order valence-electron chi connectivity index (χ4n) is 3.53. The van der Waals surface area contributed by atoms with Crippen LogP contribution in [0.2, 0.25) is 0 Å². The van der Waals surface area contributed by atoms with E-state index >= 15 is 0 Å². The predicted molar refractivity (Wildman–Crippen MR) is 67.1 cm³/mol. The maximum Gasteiger partial charge on any atom is 0.0230 e. The third-order valence-corrected chi connectivity index (χ3v) is 4.52. The van der Waals surface area contributed by atoms with Gasteiger partial charge in [-0.15, -0.1) is 0 Å². The van der Waals surface area contributed by atoms with Crippen molar-refractivity contribution in [3.05, 3.63) is 35.9 Å². The molecule has 1 nitrogen and oxygen atoms in total. The molecule has 1 heteroatoms. The molecule has 2 saturated carbocycles. The summed E-state index contributed by atoms with van der Waals surface area (Å²) in [5, 5.41) is 0. The number of benzene rings is 1. The molecule has 86 valence electrons. The van der Waals surface area contributed by atoms with Crippen molar-refractivity contribution in [2.75, 3.05) is 0 Å². The van der Waals surface area contributed by atoms with E-state index in [-0.39, 0.29) is 5.54 Å². The van der Waals surface area contributed by atoms with E-state index in [0.717, 1.165) is 18.3 Å². The average Bonchev–Trinajstić information content (AvgIpc) is 2.77. The quantitative estimate of drug-likeness (QED) is 0.823. The predicted octanol–water partition coefficient (Wildman–Crippen LogP) is 3.14. The van der Waals surface area contributed by atoms with E-state index in [1.165, 1.54) is 37.7 Å². The van der Waals surface area contributed by atoms with Crippen molar-refractivity contribution in [3.63, 3.8) is 0 Å². The van der Waals surface area contributed by atoms with Gasteiger partial charge in [0.25, 0.3) is 0 Å². The number of hydrogen-bond donors (Lipinski definition) is 1. The Morgan fingerprint density at radius 1 is 1.12 bits per heavy atom. The monoisotopic (exact) mass is 215 g/mol. The molecular formula is C15H21N. The maximum atomic E-state index is 6.50. The molecule has 1 aromatic carbocycles. The van der Waals surface area contributed by atoms with Crippen LogP contribution >= 0.6 is 0 Å². The van der Waals surface area contributed by atoms with Crippen molar-refractivity contribution in [1.82, 2.24) is 0 Å². The minimum absolute atomic E-state index is 0.135. The fourth-order valence-corrected chi connectivity index (χ4v) is 3.53.